The third kappa shape index (κ3) is 4.35. The highest BCUT2D eigenvalue weighted by Crippen LogP contribution is 2.15. The standard InChI is InChI=1S/C19H21N3O3/c1-25-17-6-4-14(5-7-17)8-10-22-13-16(11-18(22)23)21-19(24)15-3-2-9-20-12-15/h2-7,9,12,16H,8,10-11,13H2,1H3,(H,21,24)/t16-/m0/s1. The Morgan fingerprint density at radius 1 is 1.32 bits per heavy atom. The maximum atomic E-state index is 12.2. The topological polar surface area (TPSA) is 71.5 Å². The zero-order chi connectivity index (χ0) is 17.6. The van der Waals surface area contributed by atoms with Gasteiger partial charge in [-0.3, -0.25) is 14.6 Å². The summed E-state index contributed by atoms with van der Waals surface area (Å²) in [5, 5.41) is 2.91. The van der Waals surface area contributed by atoms with Crippen LogP contribution < -0.4 is 10.1 Å². The Hall–Kier alpha value is -2.89. The highest BCUT2D eigenvalue weighted by molar-refractivity contribution is 5.94. The van der Waals surface area contributed by atoms with E-state index in [1.54, 1.807) is 30.3 Å². The molecule has 6 nitrogen and oxygen atoms in total. The number of hydrogen-bond donors (Lipinski definition) is 1. The molecule has 0 radical (unpaired) electrons. The SMILES string of the molecule is COc1ccc(CCN2C[C@@H](NC(=O)c3cccnc3)CC2=O)cc1. The summed E-state index contributed by atoms with van der Waals surface area (Å²) in [6.07, 6.45) is 4.26. The van der Waals surface area contributed by atoms with Gasteiger partial charge in [0, 0.05) is 31.9 Å². The maximum absolute atomic E-state index is 12.2. The van der Waals surface area contributed by atoms with Crippen molar-refractivity contribution in [1.29, 1.82) is 0 Å². The molecule has 130 valence electrons. The van der Waals surface area contributed by atoms with Crippen LogP contribution in [0, 0.1) is 0 Å². The molecule has 6 heteroatoms. The fourth-order valence-electron chi connectivity index (χ4n) is 2.91. The van der Waals surface area contributed by atoms with E-state index < -0.39 is 0 Å². The van der Waals surface area contributed by atoms with Crippen molar-refractivity contribution in [2.24, 2.45) is 0 Å². The summed E-state index contributed by atoms with van der Waals surface area (Å²) in [4.78, 5) is 30.1. The van der Waals surface area contributed by atoms with Crippen LogP contribution in [0.5, 0.6) is 5.75 Å². The van der Waals surface area contributed by atoms with Crippen molar-refractivity contribution in [3.05, 3.63) is 59.9 Å². The first kappa shape index (κ1) is 17.0. The van der Waals surface area contributed by atoms with E-state index in [-0.39, 0.29) is 17.9 Å². The van der Waals surface area contributed by atoms with Crippen LogP contribution in [0.1, 0.15) is 22.3 Å². The monoisotopic (exact) mass is 339 g/mol. The lowest BCUT2D eigenvalue weighted by Crippen LogP contribution is -2.37. The summed E-state index contributed by atoms with van der Waals surface area (Å²) in [5.74, 6) is 0.701. The normalized spacial score (nSPS) is 16.8. The van der Waals surface area contributed by atoms with Gasteiger partial charge in [0.2, 0.25) is 5.91 Å². The molecule has 0 aliphatic carbocycles. The Labute approximate surface area is 146 Å². The van der Waals surface area contributed by atoms with Crippen LogP contribution in [-0.2, 0) is 11.2 Å². The maximum Gasteiger partial charge on any atom is 0.253 e. The molecule has 0 spiro atoms. The van der Waals surface area contributed by atoms with Crippen molar-refractivity contribution in [3.63, 3.8) is 0 Å². The summed E-state index contributed by atoms with van der Waals surface area (Å²) in [6.45, 7) is 1.19. The van der Waals surface area contributed by atoms with Crippen molar-refractivity contribution in [1.82, 2.24) is 15.2 Å². The van der Waals surface area contributed by atoms with E-state index in [9.17, 15) is 9.59 Å². The minimum Gasteiger partial charge on any atom is -0.497 e. The van der Waals surface area contributed by atoms with Gasteiger partial charge in [0.1, 0.15) is 5.75 Å². The lowest BCUT2D eigenvalue weighted by atomic mass is 10.1. The van der Waals surface area contributed by atoms with Gasteiger partial charge in [-0.25, -0.2) is 0 Å². The Bertz CT molecular complexity index is 731. The number of nitrogens with one attached hydrogen (secondary N) is 1. The van der Waals surface area contributed by atoms with Gasteiger partial charge in [-0.2, -0.15) is 0 Å². The zero-order valence-electron chi connectivity index (χ0n) is 14.1. The largest absolute Gasteiger partial charge is 0.497 e. The first-order chi connectivity index (χ1) is 12.2. The molecule has 2 aromatic rings. The van der Waals surface area contributed by atoms with Gasteiger partial charge in [0.15, 0.2) is 0 Å². The molecule has 1 atom stereocenters. The summed E-state index contributed by atoms with van der Waals surface area (Å²) in [6, 6.07) is 11.1. The Morgan fingerprint density at radius 2 is 2.12 bits per heavy atom. The number of carbonyl (C=O) groups is 2. The second-order valence-corrected chi connectivity index (χ2v) is 6.05. The molecule has 0 bridgehead atoms. The molecule has 1 aromatic carbocycles. The van der Waals surface area contributed by atoms with Crippen LogP contribution in [0.15, 0.2) is 48.8 Å². The van der Waals surface area contributed by atoms with Gasteiger partial charge in [0.05, 0.1) is 18.7 Å². The van der Waals surface area contributed by atoms with Crippen molar-refractivity contribution >= 4 is 11.8 Å². The zero-order valence-corrected chi connectivity index (χ0v) is 14.1. The molecule has 2 heterocycles. The van der Waals surface area contributed by atoms with Gasteiger partial charge in [-0.1, -0.05) is 12.1 Å². The number of methoxy groups -OCH3 is 1. The molecule has 3 rings (SSSR count). The molecule has 1 aliphatic heterocycles. The number of carbonyl (C=O) groups excluding carboxylic acids is 2. The molecule has 0 saturated carbocycles. The van der Waals surface area contributed by atoms with Crippen LogP contribution in [0.25, 0.3) is 0 Å². The van der Waals surface area contributed by atoms with Crippen molar-refractivity contribution in [3.8, 4) is 5.75 Å². The minimum atomic E-state index is -0.192. The summed E-state index contributed by atoms with van der Waals surface area (Å²) >= 11 is 0. The fraction of sp³-hybridized carbons (Fsp3) is 0.316. The number of rotatable bonds is 6. The third-order valence-corrected chi connectivity index (χ3v) is 4.30. The predicted octanol–water partition coefficient (Wildman–Crippen LogP) is 1.66. The smallest absolute Gasteiger partial charge is 0.253 e. The number of nitrogens with zero attached hydrogens (tertiary/aromatic N) is 2. The first-order valence-corrected chi connectivity index (χ1v) is 8.27. The number of amides is 2. The van der Waals surface area contributed by atoms with Crippen LogP contribution >= 0.6 is 0 Å². The van der Waals surface area contributed by atoms with Gasteiger partial charge in [-0.05, 0) is 36.2 Å². The first-order valence-electron chi connectivity index (χ1n) is 8.27. The minimum absolute atomic E-state index is 0.0741. The average Bonchev–Trinajstić information content (AvgIpc) is 3.00. The number of pyridine rings is 1. The van der Waals surface area contributed by atoms with E-state index in [2.05, 4.69) is 10.3 Å². The van der Waals surface area contributed by atoms with Gasteiger partial charge >= 0.3 is 0 Å². The van der Waals surface area contributed by atoms with Crippen LogP contribution in [0.3, 0.4) is 0 Å². The predicted molar refractivity (Wildman–Crippen MR) is 93.4 cm³/mol. The second-order valence-electron chi connectivity index (χ2n) is 6.05. The van der Waals surface area contributed by atoms with Gasteiger partial charge in [-0.15, -0.1) is 0 Å². The fourth-order valence-corrected chi connectivity index (χ4v) is 2.91. The Kier molecular flexibility index (Phi) is 5.28. The molecule has 1 aromatic heterocycles. The van der Waals surface area contributed by atoms with Crippen molar-refractivity contribution < 1.29 is 14.3 Å². The van der Waals surface area contributed by atoms with Crippen LogP contribution in [-0.4, -0.2) is 47.9 Å². The average molecular weight is 339 g/mol. The summed E-state index contributed by atoms with van der Waals surface area (Å²) in [5.41, 5.74) is 1.66. The molecule has 1 fully saturated rings. The van der Waals surface area contributed by atoms with Crippen LogP contribution in [0.2, 0.25) is 0 Å². The Morgan fingerprint density at radius 3 is 2.80 bits per heavy atom. The molecule has 1 saturated heterocycles. The van der Waals surface area contributed by atoms with Crippen molar-refractivity contribution in [2.75, 3.05) is 20.2 Å². The highest BCUT2D eigenvalue weighted by Gasteiger charge is 2.30. The Balaban J connectivity index is 1.51. The van der Waals surface area contributed by atoms with E-state index >= 15 is 0 Å². The number of likely N-dealkylation sites (tertiary alicyclic amines) is 1. The van der Waals surface area contributed by atoms with Gasteiger partial charge < -0.3 is 15.0 Å². The van der Waals surface area contributed by atoms with E-state index in [0.717, 1.165) is 17.7 Å². The third-order valence-electron chi connectivity index (χ3n) is 4.30. The molecule has 1 aliphatic rings. The number of ether oxygens (including phenoxy) is 1. The van der Waals surface area contributed by atoms with Gasteiger partial charge in [0.25, 0.3) is 5.91 Å². The van der Waals surface area contributed by atoms with E-state index in [1.807, 2.05) is 24.3 Å². The van der Waals surface area contributed by atoms with Crippen LogP contribution in [0.4, 0.5) is 0 Å². The molecule has 1 N–H and O–H groups in total. The summed E-state index contributed by atoms with van der Waals surface area (Å²) in [7, 11) is 1.64. The molecule has 2 amide bonds. The lowest BCUT2D eigenvalue weighted by Gasteiger charge is -2.17. The molecule has 25 heavy (non-hydrogen) atoms. The number of hydrogen-bond acceptors (Lipinski definition) is 4. The molecular formula is C19H21N3O3. The number of benzene rings is 1. The summed E-state index contributed by atoms with van der Waals surface area (Å²) < 4.78 is 5.14. The van der Waals surface area contributed by atoms with Crippen molar-refractivity contribution in [2.45, 2.75) is 18.9 Å². The van der Waals surface area contributed by atoms with E-state index in [4.69, 9.17) is 4.74 Å². The highest BCUT2D eigenvalue weighted by atomic mass is 16.5. The molecular weight excluding hydrogens is 318 g/mol. The number of aromatic nitrogens is 1. The van der Waals surface area contributed by atoms with E-state index in [1.165, 1.54) is 6.20 Å². The second kappa shape index (κ2) is 7.79. The molecule has 0 unspecified atom stereocenters. The van der Waals surface area contributed by atoms with E-state index in [0.29, 0.717) is 25.1 Å². The lowest BCUT2D eigenvalue weighted by molar-refractivity contribution is -0.127. The quantitative estimate of drug-likeness (QED) is 0.869.